The molecule has 1 aliphatic carbocycles. The standard InChI is InChI=1S/C13H22N2S/c1-11-15-13(10-16-11)9-14-8-4-7-12-5-2-3-6-12/h10,12,14H,2-9H2,1H3. The summed E-state index contributed by atoms with van der Waals surface area (Å²) in [6.07, 6.45) is 8.64. The zero-order chi connectivity index (χ0) is 11.2. The Morgan fingerprint density at radius 3 is 2.94 bits per heavy atom. The number of hydrogen-bond acceptors (Lipinski definition) is 3. The molecule has 1 aromatic heterocycles. The number of hydrogen-bond donors (Lipinski definition) is 1. The van der Waals surface area contributed by atoms with E-state index in [9.17, 15) is 0 Å². The Hall–Kier alpha value is -0.410. The van der Waals surface area contributed by atoms with Gasteiger partial charge in [-0.3, -0.25) is 0 Å². The number of aromatic nitrogens is 1. The second-order valence-electron chi connectivity index (χ2n) is 4.83. The molecule has 0 bridgehead atoms. The summed E-state index contributed by atoms with van der Waals surface area (Å²) in [6.45, 7) is 4.15. The summed E-state index contributed by atoms with van der Waals surface area (Å²) < 4.78 is 0. The van der Waals surface area contributed by atoms with Crippen molar-refractivity contribution in [1.29, 1.82) is 0 Å². The molecule has 0 aliphatic heterocycles. The zero-order valence-corrected chi connectivity index (χ0v) is 11.0. The summed E-state index contributed by atoms with van der Waals surface area (Å²) in [4.78, 5) is 4.44. The van der Waals surface area contributed by atoms with Crippen molar-refractivity contribution in [3.05, 3.63) is 16.1 Å². The highest BCUT2D eigenvalue weighted by Crippen LogP contribution is 2.28. The molecule has 1 saturated carbocycles. The third kappa shape index (κ3) is 3.87. The predicted octanol–water partition coefficient (Wildman–Crippen LogP) is 3.51. The Morgan fingerprint density at radius 2 is 2.25 bits per heavy atom. The molecule has 0 atom stereocenters. The average molecular weight is 238 g/mol. The van der Waals surface area contributed by atoms with E-state index in [0.717, 1.165) is 19.0 Å². The first-order valence-corrected chi connectivity index (χ1v) is 7.34. The molecule has 3 heteroatoms. The van der Waals surface area contributed by atoms with Crippen molar-refractivity contribution in [2.24, 2.45) is 5.92 Å². The predicted molar refractivity (Wildman–Crippen MR) is 69.7 cm³/mol. The van der Waals surface area contributed by atoms with Gasteiger partial charge in [0.1, 0.15) is 0 Å². The maximum atomic E-state index is 4.44. The van der Waals surface area contributed by atoms with Crippen LogP contribution in [-0.2, 0) is 6.54 Å². The largest absolute Gasteiger partial charge is 0.311 e. The van der Waals surface area contributed by atoms with E-state index < -0.39 is 0 Å². The summed E-state index contributed by atoms with van der Waals surface area (Å²) >= 11 is 1.74. The van der Waals surface area contributed by atoms with Crippen LogP contribution in [0.2, 0.25) is 0 Å². The van der Waals surface area contributed by atoms with Gasteiger partial charge in [-0.25, -0.2) is 4.98 Å². The fourth-order valence-corrected chi connectivity index (χ4v) is 3.13. The lowest BCUT2D eigenvalue weighted by atomic mass is 10.0. The minimum Gasteiger partial charge on any atom is -0.311 e. The van der Waals surface area contributed by atoms with Gasteiger partial charge in [0.2, 0.25) is 0 Å². The van der Waals surface area contributed by atoms with Crippen LogP contribution in [0.1, 0.15) is 49.2 Å². The maximum absolute atomic E-state index is 4.44. The molecule has 0 saturated heterocycles. The smallest absolute Gasteiger partial charge is 0.0897 e. The van der Waals surface area contributed by atoms with E-state index in [1.807, 2.05) is 0 Å². The van der Waals surface area contributed by atoms with Crippen LogP contribution in [0.5, 0.6) is 0 Å². The van der Waals surface area contributed by atoms with Crippen molar-refractivity contribution in [1.82, 2.24) is 10.3 Å². The molecule has 2 rings (SSSR count). The molecule has 0 amide bonds. The van der Waals surface area contributed by atoms with Gasteiger partial charge in [0, 0.05) is 11.9 Å². The van der Waals surface area contributed by atoms with Gasteiger partial charge in [-0.15, -0.1) is 11.3 Å². The first-order valence-electron chi connectivity index (χ1n) is 6.46. The van der Waals surface area contributed by atoms with Gasteiger partial charge in [0.15, 0.2) is 0 Å². The van der Waals surface area contributed by atoms with Crippen LogP contribution in [0, 0.1) is 12.8 Å². The second kappa shape index (κ2) is 6.36. The number of rotatable bonds is 6. The highest BCUT2D eigenvalue weighted by molar-refractivity contribution is 7.09. The SMILES string of the molecule is Cc1nc(CNCCCC2CCCC2)cs1. The van der Waals surface area contributed by atoms with Crippen LogP contribution in [-0.4, -0.2) is 11.5 Å². The third-order valence-corrected chi connectivity index (χ3v) is 4.24. The lowest BCUT2D eigenvalue weighted by Gasteiger charge is -2.08. The average Bonchev–Trinajstić information content (AvgIpc) is 2.89. The Morgan fingerprint density at radius 1 is 1.44 bits per heavy atom. The molecule has 16 heavy (non-hydrogen) atoms. The highest BCUT2D eigenvalue weighted by Gasteiger charge is 2.13. The lowest BCUT2D eigenvalue weighted by molar-refractivity contribution is 0.470. The lowest BCUT2D eigenvalue weighted by Crippen LogP contribution is -2.15. The van der Waals surface area contributed by atoms with E-state index in [2.05, 4.69) is 22.6 Å². The van der Waals surface area contributed by atoms with Crippen molar-refractivity contribution in [3.63, 3.8) is 0 Å². The Balaban J connectivity index is 1.51. The van der Waals surface area contributed by atoms with Crippen molar-refractivity contribution in [2.75, 3.05) is 6.54 Å². The van der Waals surface area contributed by atoms with E-state index in [1.165, 1.54) is 49.2 Å². The zero-order valence-electron chi connectivity index (χ0n) is 10.2. The molecule has 0 radical (unpaired) electrons. The van der Waals surface area contributed by atoms with E-state index in [0.29, 0.717) is 0 Å². The first kappa shape index (κ1) is 12.1. The number of nitrogens with one attached hydrogen (secondary N) is 1. The molecule has 0 spiro atoms. The van der Waals surface area contributed by atoms with Gasteiger partial charge < -0.3 is 5.32 Å². The molecule has 0 unspecified atom stereocenters. The van der Waals surface area contributed by atoms with Crippen LogP contribution in [0.15, 0.2) is 5.38 Å². The summed E-state index contributed by atoms with van der Waals surface area (Å²) in [5.74, 6) is 1.03. The molecule has 90 valence electrons. The molecule has 2 nitrogen and oxygen atoms in total. The normalized spacial score (nSPS) is 17.1. The fraction of sp³-hybridized carbons (Fsp3) is 0.769. The monoisotopic (exact) mass is 238 g/mol. The second-order valence-corrected chi connectivity index (χ2v) is 5.89. The van der Waals surface area contributed by atoms with E-state index in [4.69, 9.17) is 0 Å². The van der Waals surface area contributed by atoms with Crippen LogP contribution in [0.4, 0.5) is 0 Å². The summed E-state index contributed by atoms with van der Waals surface area (Å²) in [7, 11) is 0. The van der Waals surface area contributed by atoms with Crippen molar-refractivity contribution >= 4 is 11.3 Å². The van der Waals surface area contributed by atoms with Crippen molar-refractivity contribution in [2.45, 2.75) is 52.0 Å². The molecule has 1 N–H and O–H groups in total. The number of nitrogens with zero attached hydrogens (tertiary/aromatic N) is 1. The maximum Gasteiger partial charge on any atom is 0.0897 e. The topological polar surface area (TPSA) is 24.9 Å². The Labute approximate surface area is 102 Å². The van der Waals surface area contributed by atoms with Gasteiger partial charge in [-0.05, 0) is 32.2 Å². The van der Waals surface area contributed by atoms with Crippen LogP contribution in [0.25, 0.3) is 0 Å². The summed E-state index contributed by atoms with van der Waals surface area (Å²) in [6, 6.07) is 0. The van der Waals surface area contributed by atoms with Gasteiger partial charge in [0.05, 0.1) is 10.7 Å². The van der Waals surface area contributed by atoms with Crippen LogP contribution >= 0.6 is 11.3 Å². The molecule has 1 aliphatic rings. The molecule has 0 aromatic carbocycles. The molecular formula is C13H22N2S. The first-order chi connectivity index (χ1) is 7.84. The van der Waals surface area contributed by atoms with E-state index >= 15 is 0 Å². The van der Waals surface area contributed by atoms with Crippen LogP contribution in [0.3, 0.4) is 0 Å². The van der Waals surface area contributed by atoms with Gasteiger partial charge in [0.25, 0.3) is 0 Å². The number of thiazole rings is 1. The molecule has 1 aromatic rings. The third-order valence-electron chi connectivity index (χ3n) is 3.41. The van der Waals surface area contributed by atoms with Crippen molar-refractivity contribution in [3.8, 4) is 0 Å². The van der Waals surface area contributed by atoms with Gasteiger partial charge >= 0.3 is 0 Å². The number of aryl methyl sites for hydroxylation is 1. The molecule has 1 heterocycles. The van der Waals surface area contributed by atoms with Gasteiger partial charge in [-0.1, -0.05) is 25.7 Å². The van der Waals surface area contributed by atoms with Crippen molar-refractivity contribution < 1.29 is 0 Å². The van der Waals surface area contributed by atoms with E-state index in [-0.39, 0.29) is 0 Å². The fourth-order valence-electron chi connectivity index (χ4n) is 2.52. The summed E-state index contributed by atoms with van der Waals surface area (Å²) in [5, 5.41) is 6.80. The minimum atomic E-state index is 0.939. The summed E-state index contributed by atoms with van der Waals surface area (Å²) in [5.41, 5.74) is 1.20. The quantitative estimate of drug-likeness (QED) is 0.767. The van der Waals surface area contributed by atoms with Crippen LogP contribution < -0.4 is 5.32 Å². The van der Waals surface area contributed by atoms with Gasteiger partial charge in [-0.2, -0.15) is 0 Å². The molecule has 1 fully saturated rings. The van der Waals surface area contributed by atoms with E-state index in [1.54, 1.807) is 11.3 Å². The highest BCUT2D eigenvalue weighted by atomic mass is 32.1. The molecular weight excluding hydrogens is 216 g/mol. The minimum absolute atomic E-state index is 0.939. The Bertz CT molecular complexity index is 303. The Kier molecular flexibility index (Phi) is 4.79.